The Morgan fingerprint density at radius 2 is 1.94 bits per heavy atom. The maximum absolute atomic E-state index is 11.0. The molecule has 1 rings (SSSR count). The molecule has 0 spiro atoms. The van der Waals surface area contributed by atoms with Crippen molar-refractivity contribution in [2.24, 2.45) is 0 Å². The second kappa shape index (κ2) is 5.68. The lowest BCUT2D eigenvalue weighted by molar-refractivity contribution is -0.165. The quantitative estimate of drug-likeness (QED) is 0.827. The van der Waals surface area contributed by atoms with E-state index in [-0.39, 0.29) is 6.61 Å². The Kier molecular flexibility index (Phi) is 4.52. The Morgan fingerprint density at radius 1 is 1.35 bits per heavy atom. The minimum Gasteiger partial charge on any atom is -0.497 e. The molecule has 4 heteroatoms. The maximum atomic E-state index is 11.0. The van der Waals surface area contributed by atoms with Crippen LogP contribution in [0.2, 0.25) is 0 Å². The van der Waals surface area contributed by atoms with Crippen LogP contribution in [0.4, 0.5) is 0 Å². The van der Waals surface area contributed by atoms with Crippen molar-refractivity contribution in [2.75, 3.05) is 7.11 Å². The van der Waals surface area contributed by atoms with Crippen LogP contribution in [0, 0.1) is 0 Å². The summed E-state index contributed by atoms with van der Waals surface area (Å²) >= 11 is 0. The second-order valence-corrected chi connectivity index (χ2v) is 4.03. The molecule has 0 heterocycles. The lowest BCUT2D eigenvalue weighted by Gasteiger charge is -2.23. The van der Waals surface area contributed by atoms with Crippen LogP contribution in [0.15, 0.2) is 24.3 Å². The Bertz CT molecular complexity index is 372. The largest absolute Gasteiger partial charge is 0.497 e. The minimum atomic E-state index is -1.13. The van der Waals surface area contributed by atoms with Crippen molar-refractivity contribution < 1.29 is 19.4 Å². The normalized spacial score (nSPS) is 14.1. The third-order valence-electron chi connectivity index (χ3n) is 2.84. The van der Waals surface area contributed by atoms with Gasteiger partial charge in [0.2, 0.25) is 0 Å². The summed E-state index contributed by atoms with van der Waals surface area (Å²) in [4.78, 5) is 11.0. The van der Waals surface area contributed by atoms with E-state index in [4.69, 9.17) is 14.6 Å². The van der Waals surface area contributed by atoms with Crippen LogP contribution in [-0.2, 0) is 16.1 Å². The molecular formula is C13H18O4. The van der Waals surface area contributed by atoms with Crippen LogP contribution in [0.1, 0.15) is 25.8 Å². The molecule has 1 aromatic carbocycles. The first-order valence-electron chi connectivity index (χ1n) is 5.52. The molecule has 0 aliphatic heterocycles. The van der Waals surface area contributed by atoms with Gasteiger partial charge in [0, 0.05) is 0 Å². The number of ether oxygens (including phenoxy) is 2. The molecule has 0 aromatic heterocycles. The molecule has 0 aliphatic rings. The first kappa shape index (κ1) is 13.5. The van der Waals surface area contributed by atoms with Gasteiger partial charge < -0.3 is 14.6 Å². The van der Waals surface area contributed by atoms with Gasteiger partial charge in [-0.15, -0.1) is 0 Å². The van der Waals surface area contributed by atoms with E-state index in [2.05, 4.69) is 0 Å². The summed E-state index contributed by atoms with van der Waals surface area (Å²) in [5.41, 5.74) is -0.202. The minimum absolute atomic E-state index is 0.278. The lowest BCUT2D eigenvalue weighted by atomic mass is 10.0. The van der Waals surface area contributed by atoms with E-state index in [9.17, 15) is 4.79 Å². The van der Waals surface area contributed by atoms with E-state index in [1.54, 1.807) is 21.0 Å². The van der Waals surface area contributed by atoms with Crippen molar-refractivity contribution in [3.8, 4) is 5.75 Å². The molecule has 1 atom stereocenters. The van der Waals surface area contributed by atoms with Crippen molar-refractivity contribution in [1.29, 1.82) is 0 Å². The molecule has 0 fully saturated rings. The van der Waals surface area contributed by atoms with E-state index in [0.29, 0.717) is 6.42 Å². The second-order valence-electron chi connectivity index (χ2n) is 4.03. The number of benzene rings is 1. The number of carbonyl (C=O) groups is 1. The van der Waals surface area contributed by atoms with E-state index < -0.39 is 11.6 Å². The molecular weight excluding hydrogens is 220 g/mol. The topological polar surface area (TPSA) is 55.8 Å². The average Bonchev–Trinajstić information content (AvgIpc) is 2.36. The number of aliphatic carboxylic acids is 1. The highest BCUT2D eigenvalue weighted by Crippen LogP contribution is 2.19. The van der Waals surface area contributed by atoms with Gasteiger partial charge >= 0.3 is 5.97 Å². The summed E-state index contributed by atoms with van der Waals surface area (Å²) in [6, 6.07) is 7.36. The van der Waals surface area contributed by atoms with E-state index >= 15 is 0 Å². The van der Waals surface area contributed by atoms with Crippen LogP contribution in [0.25, 0.3) is 0 Å². The Balaban J connectivity index is 2.63. The monoisotopic (exact) mass is 238 g/mol. The Hall–Kier alpha value is -1.55. The van der Waals surface area contributed by atoms with Gasteiger partial charge in [-0.2, -0.15) is 0 Å². The molecule has 0 radical (unpaired) electrons. The molecule has 1 unspecified atom stereocenters. The van der Waals surface area contributed by atoms with Gasteiger partial charge in [-0.05, 0) is 31.0 Å². The first-order chi connectivity index (χ1) is 8.01. The molecule has 17 heavy (non-hydrogen) atoms. The van der Waals surface area contributed by atoms with Crippen LogP contribution < -0.4 is 4.74 Å². The van der Waals surface area contributed by atoms with E-state index in [1.807, 2.05) is 24.3 Å². The molecule has 1 N–H and O–H groups in total. The molecule has 0 amide bonds. The fourth-order valence-corrected chi connectivity index (χ4v) is 1.28. The summed E-state index contributed by atoms with van der Waals surface area (Å²) in [6.45, 7) is 3.65. The smallest absolute Gasteiger partial charge is 0.335 e. The highest BCUT2D eigenvalue weighted by Gasteiger charge is 2.31. The fraction of sp³-hybridized carbons (Fsp3) is 0.462. The van der Waals surface area contributed by atoms with Gasteiger partial charge in [-0.25, -0.2) is 4.79 Å². The van der Waals surface area contributed by atoms with Gasteiger partial charge in [0.15, 0.2) is 5.60 Å². The number of hydrogen-bond acceptors (Lipinski definition) is 3. The Labute approximate surface area is 101 Å². The van der Waals surface area contributed by atoms with Gasteiger partial charge in [-0.1, -0.05) is 19.1 Å². The number of hydrogen-bond donors (Lipinski definition) is 1. The number of carboxylic acid groups (broad SMARTS) is 1. The highest BCUT2D eigenvalue weighted by molar-refractivity contribution is 5.76. The van der Waals surface area contributed by atoms with Crippen LogP contribution >= 0.6 is 0 Å². The van der Waals surface area contributed by atoms with Crippen molar-refractivity contribution in [3.05, 3.63) is 29.8 Å². The molecule has 0 saturated carbocycles. The van der Waals surface area contributed by atoms with Gasteiger partial charge in [0.25, 0.3) is 0 Å². The van der Waals surface area contributed by atoms with Crippen molar-refractivity contribution in [1.82, 2.24) is 0 Å². The van der Waals surface area contributed by atoms with Crippen LogP contribution in [-0.4, -0.2) is 23.8 Å². The highest BCUT2D eigenvalue weighted by atomic mass is 16.5. The summed E-state index contributed by atoms with van der Waals surface area (Å²) < 4.78 is 10.5. The summed E-state index contributed by atoms with van der Waals surface area (Å²) in [5, 5.41) is 9.05. The van der Waals surface area contributed by atoms with E-state index in [0.717, 1.165) is 11.3 Å². The third kappa shape index (κ3) is 3.46. The summed E-state index contributed by atoms with van der Waals surface area (Å²) in [5.74, 6) is -0.168. The fourth-order valence-electron chi connectivity index (χ4n) is 1.28. The van der Waals surface area contributed by atoms with E-state index in [1.165, 1.54) is 0 Å². The predicted octanol–water partition coefficient (Wildman–Crippen LogP) is 2.47. The first-order valence-corrected chi connectivity index (χ1v) is 5.52. The molecule has 0 bridgehead atoms. The standard InChI is InChI=1S/C13H18O4/c1-4-13(2,12(14)15)17-9-10-5-7-11(16-3)8-6-10/h5-8H,4,9H2,1-3H3,(H,14,15). The lowest BCUT2D eigenvalue weighted by Crippen LogP contribution is -2.37. The molecule has 0 aliphatic carbocycles. The molecule has 94 valence electrons. The van der Waals surface area contributed by atoms with Crippen molar-refractivity contribution >= 4 is 5.97 Å². The third-order valence-corrected chi connectivity index (χ3v) is 2.84. The van der Waals surface area contributed by atoms with Crippen molar-refractivity contribution in [2.45, 2.75) is 32.5 Å². The zero-order chi connectivity index (χ0) is 12.9. The molecule has 0 saturated heterocycles. The zero-order valence-electron chi connectivity index (χ0n) is 10.4. The maximum Gasteiger partial charge on any atom is 0.335 e. The molecule has 4 nitrogen and oxygen atoms in total. The SMILES string of the molecule is CCC(C)(OCc1ccc(OC)cc1)C(=O)O. The Morgan fingerprint density at radius 3 is 2.35 bits per heavy atom. The summed E-state index contributed by atoms with van der Waals surface area (Å²) in [7, 11) is 1.60. The average molecular weight is 238 g/mol. The predicted molar refractivity (Wildman–Crippen MR) is 64.1 cm³/mol. The zero-order valence-corrected chi connectivity index (χ0v) is 10.4. The van der Waals surface area contributed by atoms with Gasteiger partial charge in [0.05, 0.1) is 13.7 Å². The molecule has 1 aromatic rings. The van der Waals surface area contributed by atoms with Crippen molar-refractivity contribution in [3.63, 3.8) is 0 Å². The number of methoxy groups -OCH3 is 1. The summed E-state index contributed by atoms with van der Waals surface area (Å²) in [6.07, 6.45) is 0.429. The number of rotatable bonds is 6. The number of carboxylic acids is 1. The van der Waals surface area contributed by atoms with Gasteiger partial charge in [-0.3, -0.25) is 0 Å². The van der Waals surface area contributed by atoms with Crippen LogP contribution in [0.5, 0.6) is 5.75 Å². The van der Waals surface area contributed by atoms with Gasteiger partial charge in [0.1, 0.15) is 5.75 Å². The van der Waals surface area contributed by atoms with Crippen LogP contribution in [0.3, 0.4) is 0 Å².